The summed E-state index contributed by atoms with van der Waals surface area (Å²) in [4.78, 5) is 38.2. The van der Waals surface area contributed by atoms with E-state index >= 15 is 0 Å². The SMILES string of the molecule is COc1cc(NC(=O)CCCN2C(=O)c3ccc(Br)cc3C2=O)cc(OC)c1. The van der Waals surface area contributed by atoms with Crippen molar-refractivity contribution in [2.45, 2.75) is 12.8 Å². The number of hydrogen-bond donors (Lipinski definition) is 1. The van der Waals surface area contributed by atoms with E-state index in [4.69, 9.17) is 9.47 Å². The van der Waals surface area contributed by atoms with Crippen molar-refractivity contribution in [3.8, 4) is 11.5 Å². The molecule has 8 heteroatoms. The first-order valence-corrected chi connectivity index (χ1v) is 9.41. The number of carbonyl (C=O) groups excluding carboxylic acids is 3. The summed E-state index contributed by atoms with van der Waals surface area (Å²) in [5, 5.41) is 2.77. The van der Waals surface area contributed by atoms with Crippen LogP contribution in [-0.4, -0.2) is 43.4 Å². The molecule has 0 fully saturated rings. The largest absolute Gasteiger partial charge is 0.497 e. The molecule has 28 heavy (non-hydrogen) atoms. The third kappa shape index (κ3) is 4.17. The summed E-state index contributed by atoms with van der Waals surface area (Å²) in [6.07, 6.45) is 0.524. The predicted octanol–water partition coefficient (Wildman–Crippen LogP) is 3.48. The molecule has 0 saturated heterocycles. The fraction of sp³-hybridized carbons (Fsp3) is 0.250. The van der Waals surface area contributed by atoms with E-state index in [1.807, 2.05) is 0 Å². The molecule has 0 atom stereocenters. The third-order valence-corrected chi connectivity index (χ3v) is 4.85. The van der Waals surface area contributed by atoms with Crippen molar-refractivity contribution in [2.75, 3.05) is 26.1 Å². The molecule has 0 unspecified atom stereocenters. The molecule has 0 aromatic heterocycles. The van der Waals surface area contributed by atoms with Gasteiger partial charge in [-0.25, -0.2) is 0 Å². The van der Waals surface area contributed by atoms with Crippen molar-refractivity contribution in [2.24, 2.45) is 0 Å². The molecule has 1 aliphatic heterocycles. The standard InChI is InChI=1S/C20H19BrN2O5/c1-27-14-9-13(10-15(11-14)28-2)22-18(24)4-3-7-23-19(25)16-6-5-12(21)8-17(16)20(23)26/h5-6,8-11H,3-4,7H2,1-2H3,(H,22,24). The average molecular weight is 447 g/mol. The molecule has 1 aliphatic rings. The first-order valence-electron chi connectivity index (χ1n) is 8.61. The molecule has 0 radical (unpaired) electrons. The van der Waals surface area contributed by atoms with E-state index in [0.29, 0.717) is 34.7 Å². The van der Waals surface area contributed by atoms with Gasteiger partial charge in [-0.2, -0.15) is 0 Å². The van der Waals surface area contributed by atoms with Crippen LogP contribution in [0, 0.1) is 0 Å². The third-order valence-electron chi connectivity index (χ3n) is 4.35. The first kappa shape index (κ1) is 19.9. The smallest absolute Gasteiger partial charge is 0.261 e. The Labute approximate surface area is 170 Å². The van der Waals surface area contributed by atoms with Gasteiger partial charge in [-0.15, -0.1) is 0 Å². The van der Waals surface area contributed by atoms with Gasteiger partial charge >= 0.3 is 0 Å². The molecule has 0 bridgehead atoms. The second kappa shape index (κ2) is 8.43. The summed E-state index contributed by atoms with van der Waals surface area (Å²) >= 11 is 3.30. The minimum absolute atomic E-state index is 0.163. The zero-order valence-corrected chi connectivity index (χ0v) is 17.0. The van der Waals surface area contributed by atoms with Crippen LogP contribution >= 0.6 is 15.9 Å². The normalized spacial score (nSPS) is 12.8. The van der Waals surface area contributed by atoms with Gasteiger partial charge in [0.1, 0.15) is 11.5 Å². The van der Waals surface area contributed by atoms with E-state index in [9.17, 15) is 14.4 Å². The number of nitrogens with zero attached hydrogens (tertiary/aromatic N) is 1. The van der Waals surface area contributed by atoms with Crippen LogP contribution in [0.1, 0.15) is 33.6 Å². The van der Waals surface area contributed by atoms with E-state index < -0.39 is 0 Å². The second-order valence-electron chi connectivity index (χ2n) is 6.20. The van der Waals surface area contributed by atoms with Crippen molar-refractivity contribution in [1.29, 1.82) is 0 Å². The fourth-order valence-electron chi connectivity index (χ4n) is 2.97. The molecule has 7 nitrogen and oxygen atoms in total. The molecule has 2 aromatic rings. The van der Waals surface area contributed by atoms with Gasteiger partial charge in [0.05, 0.1) is 25.3 Å². The number of rotatable bonds is 7. The number of fused-ring (bicyclic) bond motifs is 1. The number of amides is 3. The minimum atomic E-state index is -0.334. The molecule has 2 aromatic carbocycles. The van der Waals surface area contributed by atoms with Gasteiger partial charge in [0.25, 0.3) is 11.8 Å². The lowest BCUT2D eigenvalue weighted by atomic mass is 10.1. The van der Waals surface area contributed by atoms with Crippen LogP contribution < -0.4 is 14.8 Å². The van der Waals surface area contributed by atoms with Crippen LogP contribution in [0.4, 0.5) is 5.69 Å². The van der Waals surface area contributed by atoms with E-state index in [1.165, 1.54) is 19.1 Å². The average Bonchev–Trinajstić information content (AvgIpc) is 2.91. The van der Waals surface area contributed by atoms with Crippen LogP contribution in [0.3, 0.4) is 0 Å². The second-order valence-corrected chi connectivity index (χ2v) is 7.12. The quantitative estimate of drug-likeness (QED) is 0.657. The number of hydrogen-bond acceptors (Lipinski definition) is 5. The van der Waals surface area contributed by atoms with Crippen molar-refractivity contribution in [3.63, 3.8) is 0 Å². The number of benzene rings is 2. The molecule has 0 saturated carbocycles. The number of methoxy groups -OCH3 is 2. The van der Waals surface area contributed by atoms with E-state index in [0.717, 1.165) is 4.47 Å². The lowest BCUT2D eigenvalue weighted by molar-refractivity contribution is -0.116. The van der Waals surface area contributed by atoms with Crippen LogP contribution in [0.25, 0.3) is 0 Å². The molecular formula is C20H19BrN2O5. The Bertz CT molecular complexity index is 922. The van der Waals surface area contributed by atoms with Crippen LogP contribution in [0.2, 0.25) is 0 Å². The Balaban J connectivity index is 1.56. The van der Waals surface area contributed by atoms with Crippen LogP contribution in [0.5, 0.6) is 11.5 Å². The van der Waals surface area contributed by atoms with Gasteiger partial charge in [-0.1, -0.05) is 15.9 Å². The number of imide groups is 1. The Morgan fingerprint density at radius 2 is 1.64 bits per heavy atom. The topological polar surface area (TPSA) is 84.9 Å². The van der Waals surface area contributed by atoms with Gasteiger partial charge in [0, 0.05) is 41.3 Å². The van der Waals surface area contributed by atoms with E-state index in [2.05, 4.69) is 21.2 Å². The zero-order valence-electron chi connectivity index (χ0n) is 15.5. The van der Waals surface area contributed by atoms with Gasteiger partial charge in [0.2, 0.25) is 5.91 Å². The van der Waals surface area contributed by atoms with E-state index in [-0.39, 0.29) is 30.7 Å². The Hall–Kier alpha value is -2.87. The lowest BCUT2D eigenvalue weighted by Gasteiger charge is -2.14. The van der Waals surface area contributed by atoms with Gasteiger partial charge in [-0.05, 0) is 24.6 Å². The number of ether oxygens (including phenoxy) is 2. The molecule has 0 aliphatic carbocycles. The molecule has 3 rings (SSSR count). The van der Waals surface area contributed by atoms with Crippen molar-refractivity contribution in [1.82, 2.24) is 4.90 Å². The highest BCUT2D eigenvalue weighted by Crippen LogP contribution is 2.27. The van der Waals surface area contributed by atoms with Crippen molar-refractivity contribution >= 4 is 39.3 Å². The maximum absolute atomic E-state index is 12.4. The summed E-state index contributed by atoms with van der Waals surface area (Å²) in [5.74, 6) is 0.234. The minimum Gasteiger partial charge on any atom is -0.497 e. The number of anilines is 1. The van der Waals surface area contributed by atoms with Gasteiger partial charge in [0.15, 0.2) is 0 Å². The Kier molecular flexibility index (Phi) is 5.99. The number of nitrogens with one attached hydrogen (secondary N) is 1. The fourth-order valence-corrected chi connectivity index (χ4v) is 3.33. The monoisotopic (exact) mass is 446 g/mol. The van der Waals surface area contributed by atoms with E-state index in [1.54, 1.807) is 36.4 Å². The highest BCUT2D eigenvalue weighted by molar-refractivity contribution is 9.10. The highest BCUT2D eigenvalue weighted by Gasteiger charge is 2.35. The van der Waals surface area contributed by atoms with Gasteiger partial charge in [-0.3, -0.25) is 19.3 Å². The molecule has 1 heterocycles. The summed E-state index contributed by atoms with van der Waals surface area (Å²) in [7, 11) is 3.06. The van der Waals surface area contributed by atoms with Crippen molar-refractivity contribution < 1.29 is 23.9 Å². The number of carbonyl (C=O) groups is 3. The summed E-state index contributed by atoms with van der Waals surface area (Å²) in [6, 6.07) is 10.1. The van der Waals surface area contributed by atoms with Gasteiger partial charge < -0.3 is 14.8 Å². The summed E-state index contributed by atoms with van der Waals surface area (Å²) in [5.41, 5.74) is 1.32. The molecule has 0 spiro atoms. The summed E-state index contributed by atoms with van der Waals surface area (Å²) in [6.45, 7) is 0.179. The maximum Gasteiger partial charge on any atom is 0.261 e. The Morgan fingerprint density at radius 1 is 1.00 bits per heavy atom. The Morgan fingerprint density at radius 3 is 2.29 bits per heavy atom. The molecule has 146 valence electrons. The highest BCUT2D eigenvalue weighted by atomic mass is 79.9. The maximum atomic E-state index is 12.4. The first-order chi connectivity index (χ1) is 13.4. The molecular weight excluding hydrogens is 428 g/mol. The van der Waals surface area contributed by atoms with Crippen molar-refractivity contribution in [3.05, 3.63) is 52.0 Å². The predicted molar refractivity (Wildman–Crippen MR) is 107 cm³/mol. The number of halogens is 1. The molecule has 1 N–H and O–H groups in total. The zero-order chi connectivity index (χ0) is 20.3. The van der Waals surface area contributed by atoms with Crippen LogP contribution in [-0.2, 0) is 4.79 Å². The lowest BCUT2D eigenvalue weighted by Crippen LogP contribution is -2.31. The van der Waals surface area contributed by atoms with Crippen LogP contribution in [0.15, 0.2) is 40.9 Å². The molecule has 3 amide bonds. The summed E-state index contributed by atoms with van der Waals surface area (Å²) < 4.78 is 11.1.